The molecule has 0 aliphatic carbocycles. The third kappa shape index (κ3) is 14.1. The molecule has 1 aliphatic heterocycles. The van der Waals surface area contributed by atoms with E-state index in [1.807, 2.05) is 0 Å². The zero-order valence-corrected chi connectivity index (χ0v) is 29.1. The molecule has 0 aromatic heterocycles. The number of aliphatic hydroxyl groups excluding tert-OH is 3. The lowest BCUT2D eigenvalue weighted by molar-refractivity contribution is 0.0691. The molecule has 0 saturated carbocycles. The van der Waals surface area contributed by atoms with Crippen molar-refractivity contribution in [3.05, 3.63) is 0 Å². The van der Waals surface area contributed by atoms with Crippen LogP contribution in [-0.4, -0.2) is 149 Å². The highest BCUT2D eigenvalue weighted by molar-refractivity contribution is 7.80. The maximum absolute atomic E-state index is 9.42. The van der Waals surface area contributed by atoms with Crippen molar-refractivity contribution in [2.75, 3.05) is 120 Å². The van der Waals surface area contributed by atoms with Gasteiger partial charge in [0, 0.05) is 38.9 Å². The van der Waals surface area contributed by atoms with E-state index in [0.29, 0.717) is 0 Å². The van der Waals surface area contributed by atoms with Crippen LogP contribution in [-0.2, 0) is 27.8 Å². The molecule has 0 radical (unpaired) electrons. The highest BCUT2D eigenvalue weighted by Crippen LogP contribution is 2.81. The summed E-state index contributed by atoms with van der Waals surface area (Å²) in [6, 6.07) is 6.42. The second-order valence-electron chi connectivity index (χ2n) is 9.18. The predicted octanol–water partition coefficient (Wildman–Crippen LogP) is 2.45. The number of ether oxygens (including phenoxy) is 3. The first-order chi connectivity index (χ1) is 21.7. The number of hydrogen-bond acceptors (Lipinski definition) is 18. The van der Waals surface area contributed by atoms with Gasteiger partial charge in [-0.1, -0.05) is 0 Å². The van der Waals surface area contributed by atoms with Crippen molar-refractivity contribution < 1.29 is 43.1 Å². The molecule has 0 aromatic rings. The quantitative estimate of drug-likeness (QED) is 0.0825. The van der Waals surface area contributed by atoms with Crippen molar-refractivity contribution in [2.45, 2.75) is 19.3 Å². The molecule has 0 aromatic carbocycles. The Bertz CT molecular complexity index is 989. The lowest BCUT2D eigenvalue weighted by atomic mass is 10.5. The molecule has 45 heavy (non-hydrogen) atoms. The van der Waals surface area contributed by atoms with Gasteiger partial charge in [-0.2, -0.15) is 29.3 Å². The van der Waals surface area contributed by atoms with E-state index in [1.54, 1.807) is 35.2 Å². The van der Waals surface area contributed by atoms with Gasteiger partial charge >= 0.3 is 0 Å². The Morgan fingerprint density at radius 1 is 0.489 bits per heavy atom. The molecule has 0 fully saturated rings. The molecular formula is C24H48N9O9P3. The molecule has 21 heteroatoms. The zero-order chi connectivity index (χ0) is 33.4. The molecule has 0 unspecified atom stereocenters. The fourth-order valence-electron chi connectivity index (χ4n) is 3.55. The Morgan fingerprint density at radius 2 is 0.756 bits per heavy atom. The minimum absolute atomic E-state index is 0.0285. The van der Waals surface area contributed by atoms with Crippen LogP contribution in [0, 0.1) is 34.0 Å². The first-order valence-electron chi connectivity index (χ1n) is 14.4. The standard InChI is InChI=1S/C24H48N9O9P3/c1-31(10-4-7-25)43(40-22-19-37-16-13-34)28-44(32(2)11-5-8-26,41-23-20-38-17-14-35)30-45(29-43,33(3)12-6-9-27)42-24-21-39-18-15-36/h34-36H,4-6,10-24H2,1-3H3. The van der Waals surface area contributed by atoms with Gasteiger partial charge in [0.25, 0.3) is 22.7 Å². The summed E-state index contributed by atoms with van der Waals surface area (Å²) >= 11 is 0. The topological polar surface area (TPSA) is 234 Å². The van der Waals surface area contributed by atoms with Crippen molar-refractivity contribution in [1.82, 2.24) is 14.0 Å². The van der Waals surface area contributed by atoms with Crippen molar-refractivity contribution in [2.24, 2.45) is 13.5 Å². The molecule has 258 valence electrons. The van der Waals surface area contributed by atoms with Crippen molar-refractivity contribution in [3.63, 3.8) is 0 Å². The van der Waals surface area contributed by atoms with E-state index in [2.05, 4.69) is 18.2 Å². The van der Waals surface area contributed by atoms with Crippen LogP contribution >= 0.6 is 22.7 Å². The molecule has 1 rings (SSSR count). The van der Waals surface area contributed by atoms with Gasteiger partial charge in [-0.25, -0.2) is 14.0 Å². The minimum Gasteiger partial charge on any atom is -0.394 e. The van der Waals surface area contributed by atoms with Crippen LogP contribution < -0.4 is 0 Å². The number of rotatable bonds is 27. The molecule has 0 saturated heterocycles. The maximum atomic E-state index is 9.42. The van der Waals surface area contributed by atoms with Crippen LogP contribution in [0.25, 0.3) is 0 Å². The Labute approximate surface area is 266 Å². The summed E-state index contributed by atoms with van der Waals surface area (Å²) < 4.78 is 56.6. The van der Waals surface area contributed by atoms with E-state index < -0.39 is 22.7 Å². The zero-order valence-electron chi connectivity index (χ0n) is 26.4. The smallest absolute Gasteiger partial charge is 0.283 e. The third-order valence-electron chi connectivity index (χ3n) is 5.86. The lowest BCUT2D eigenvalue weighted by Crippen LogP contribution is -2.26. The average molecular weight is 700 g/mol. The van der Waals surface area contributed by atoms with E-state index in [4.69, 9.17) is 56.6 Å². The van der Waals surface area contributed by atoms with Gasteiger partial charge in [-0.15, -0.1) is 0 Å². The van der Waals surface area contributed by atoms with Gasteiger partial charge in [0.15, 0.2) is 0 Å². The maximum Gasteiger partial charge on any atom is 0.283 e. The number of aliphatic hydroxyl groups is 3. The summed E-state index contributed by atoms with van der Waals surface area (Å²) in [5, 5.41) is 55.7. The Kier molecular flexibility index (Phi) is 22.2. The molecule has 3 N–H and O–H groups in total. The number of hydrogen-bond donors (Lipinski definition) is 3. The molecular weight excluding hydrogens is 651 g/mol. The van der Waals surface area contributed by atoms with Crippen LogP contribution in [0.2, 0.25) is 0 Å². The van der Waals surface area contributed by atoms with Gasteiger partial charge in [0.2, 0.25) is 0 Å². The summed E-state index contributed by atoms with van der Waals surface area (Å²) in [5.74, 6) is 0. The molecule has 0 bridgehead atoms. The summed E-state index contributed by atoms with van der Waals surface area (Å²) in [6.45, 7) is 0.987. The SMILES string of the molecule is CN(CCC#N)P1(OCCOCCO)=NP(OCCOCCO)(N(C)CCC#N)=NP(OCCOCCO)(N(C)CCC#N)=N1. The summed E-state index contributed by atoms with van der Waals surface area (Å²) in [4.78, 5) is 0. The monoisotopic (exact) mass is 699 g/mol. The van der Waals surface area contributed by atoms with E-state index in [1.165, 1.54) is 0 Å². The molecule has 0 atom stereocenters. The van der Waals surface area contributed by atoms with Crippen LogP contribution in [0.15, 0.2) is 13.5 Å². The number of nitriles is 3. The Morgan fingerprint density at radius 3 is 0.978 bits per heavy atom. The van der Waals surface area contributed by atoms with Crippen molar-refractivity contribution in [3.8, 4) is 18.2 Å². The Balaban J connectivity index is 4.03. The molecule has 1 heterocycles. The van der Waals surface area contributed by atoms with Crippen LogP contribution in [0.4, 0.5) is 0 Å². The highest BCUT2D eigenvalue weighted by Gasteiger charge is 2.45. The van der Waals surface area contributed by atoms with E-state index in [-0.39, 0.29) is 118 Å². The van der Waals surface area contributed by atoms with E-state index in [0.717, 1.165) is 0 Å². The second-order valence-corrected chi connectivity index (χ2v) is 17.2. The number of nitrogens with zero attached hydrogens (tertiary/aromatic N) is 9. The van der Waals surface area contributed by atoms with E-state index in [9.17, 15) is 15.8 Å². The van der Waals surface area contributed by atoms with Gasteiger partial charge < -0.3 is 43.1 Å². The summed E-state index contributed by atoms with van der Waals surface area (Å²) in [5.41, 5.74) is 0. The van der Waals surface area contributed by atoms with Gasteiger partial charge in [-0.05, 0) is 21.1 Å². The van der Waals surface area contributed by atoms with E-state index >= 15 is 0 Å². The van der Waals surface area contributed by atoms with Gasteiger partial charge in [-0.3, -0.25) is 0 Å². The first kappa shape index (κ1) is 41.7. The highest BCUT2D eigenvalue weighted by atomic mass is 31.3. The van der Waals surface area contributed by atoms with Crippen molar-refractivity contribution in [1.29, 1.82) is 15.8 Å². The average Bonchev–Trinajstić information content (AvgIpc) is 3.04. The van der Waals surface area contributed by atoms with Crippen LogP contribution in [0.1, 0.15) is 19.3 Å². The van der Waals surface area contributed by atoms with Crippen LogP contribution in [0.3, 0.4) is 0 Å². The second kappa shape index (κ2) is 23.9. The summed E-state index contributed by atoms with van der Waals surface area (Å²) in [6.07, 6.45) is 0.422. The largest absolute Gasteiger partial charge is 0.394 e. The van der Waals surface area contributed by atoms with Crippen molar-refractivity contribution >= 4 is 22.7 Å². The fourth-order valence-corrected chi connectivity index (χ4v) is 15.7. The summed E-state index contributed by atoms with van der Waals surface area (Å²) in [7, 11) is -5.18. The molecule has 0 amide bonds. The lowest BCUT2D eigenvalue weighted by Gasteiger charge is -2.42. The molecule has 1 aliphatic rings. The van der Waals surface area contributed by atoms with Crippen LogP contribution in [0.5, 0.6) is 0 Å². The minimum atomic E-state index is -3.46. The molecule has 18 nitrogen and oxygen atoms in total. The first-order valence-corrected chi connectivity index (χ1v) is 19.1. The third-order valence-corrected chi connectivity index (χ3v) is 16.3. The fraction of sp³-hybridized carbons (Fsp3) is 0.875. The predicted molar refractivity (Wildman–Crippen MR) is 168 cm³/mol. The normalized spacial score (nSPS) is 22.8. The molecule has 0 spiro atoms. The van der Waals surface area contributed by atoms with Gasteiger partial charge in [0.1, 0.15) is 0 Å². The Hall–Kier alpha value is -1.32. The van der Waals surface area contributed by atoms with Gasteiger partial charge in [0.05, 0.1) is 97.5 Å².